The fraction of sp³-hybridized carbons (Fsp3) is 0.214. The summed E-state index contributed by atoms with van der Waals surface area (Å²) in [5.74, 6) is 0.532. The monoisotopic (exact) mass is 455 g/mol. The molecule has 1 amide bonds. The number of nitrogens with zero attached hydrogens (tertiary/aromatic N) is 2. The molecule has 0 saturated heterocycles. The van der Waals surface area contributed by atoms with E-state index in [0.717, 1.165) is 42.0 Å². The Hall–Kier alpha value is -4.06. The van der Waals surface area contributed by atoms with E-state index in [1.807, 2.05) is 73.7 Å². The SMILES string of the molecule is CCCCOc1ccc(-c2ccc(C(=O)Nc3c(C)n(C)n(-c4ccccc4)c3=O)cc2)cc1. The first-order valence-corrected chi connectivity index (χ1v) is 11.5. The summed E-state index contributed by atoms with van der Waals surface area (Å²) in [5, 5.41) is 2.81. The lowest BCUT2D eigenvalue weighted by Gasteiger charge is -2.08. The number of carbonyl (C=O) groups excluding carboxylic acids is 1. The van der Waals surface area contributed by atoms with Crippen LogP contribution in [-0.4, -0.2) is 21.9 Å². The van der Waals surface area contributed by atoms with E-state index in [2.05, 4.69) is 12.2 Å². The van der Waals surface area contributed by atoms with Gasteiger partial charge in [0.25, 0.3) is 11.5 Å². The van der Waals surface area contributed by atoms with Gasteiger partial charge in [0.1, 0.15) is 11.4 Å². The number of anilines is 1. The molecule has 0 atom stereocenters. The van der Waals surface area contributed by atoms with Gasteiger partial charge in [0.15, 0.2) is 0 Å². The van der Waals surface area contributed by atoms with Crippen LogP contribution in [0.15, 0.2) is 83.7 Å². The fourth-order valence-electron chi connectivity index (χ4n) is 3.79. The maximum Gasteiger partial charge on any atom is 0.295 e. The summed E-state index contributed by atoms with van der Waals surface area (Å²) < 4.78 is 9.01. The summed E-state index contributed by atoms with van der Waals surface area (Å²) in [5.41, 5.74) is 3.96. The topological polar surface area (TPSA) is 65.3 Å². The first-order valence-electron chi connectivity index (χ1n) is 11.5. The zero-order valence-electron chi connectivity index (χ0n) is 19.7. The third-order valence-electron chi connectivity index (χ3n) is 5.89. The van der Waals surface area contributed by atoms with Crippen LogP contribution in [0.5, 0.6) is 5.75 Å². The van der Waals surface area contributed by atoms with Crippen molar-refractivity contribution in [3.8, 4) is 22.6 Å². The number of unbranched alkanes of at least 4 members (excludes halogenated alkanes) is 1. The first kappa shape index (κ1) is 23.1. The Morgan fingerprint density at radius 3 is 2.15 bits per heavy atom. The second-order valence-corrected chi connectivity index (χ2v) is 8.19. The molecule has 0 fully saturated rings. The largest absolute Gasteiger partial charge is 0.494 e. The van der Waals surface area contributed by atoms with Gasteiger partial charge in [-0.15, -0.1) is 0 Å². The van der Waals surface area contributed by atoms with Crippen LogP contribution >= 0.6 is 0 Å². The quantitative estimate of drug-likeness (QED) is 0.353. The Morgan fingerprint density at radius 2 is 1.53 bits per heavy atom. The number of benzene rings is 3. The number of hydrogen-bond acceptors (Lipinski definition) is 3. The van der Waals surface area contributed by atoms with Crippen molar-refractivity contribution in [1.82, 2.24) is 9.36 Å². The van der Waals surface area contributed by atoms with E-state index in [0.29, 0.717) is 11.3 Å². The summed E-state index contributed by atoms with van der Waals surface area (Å²) in [4.78, 5) is 26.0. The summed E-state index contributed by atoms with van der Waals surface area (Å²) in [7, 11) is 1.80. The van der Waals surface area contributed by atoms with Gasteiger partial charge in [0.2, 0.25) is 0 Å². The number of nitrogens with one attached hydrogen (secondary N) is 1. The summed E-state index contributed by atoms with van der Waals surface area (Å²) in [6.07, 6.45) is 2.14. The molecular formula is C28H29N3O3. The van der Waals surface area contributed by atoms with Gasteiger partial charge in [-0.1, -0.05) is 55.8 Å². The molecule has 0 unspecified atom stereocenters. The average molecular weight is 456 g/mol. The average Bonchev–Trinajstić information content (AvgIpc) is 3.08. The molecule has 1 N–H and O–H groups in total. The Labute approximate surface area is 199 Å². The van der Waals surface area contributed by atoms with Gasteiger partial charge < -0.3 is 10.1 Å². The van der Waals surface area contributed by atoms with Crippen LogP contribution in [0.3, 0.4) is 0 Å². The normalized spacial score (nSPS) is 10.8. The number of carbonyl (C=O) groups is 1. The highest BCUT2D eigenvalue weighted by Gasteiger charge is 2.18. The van der Waals surface area contributed by atoms with Crippen LogP contribution in [-0.2, 0) is 7.05 Å². The van der Waals surface area contributed by atoms with Gasteiger partial charge in [0.05, 0.1) is 18.0 Å². The fourth-order valence-corrected chi connectivity index (χ4v) is 3.79. The molecule has 0 saturated carbocycles. The number of para-hydroxylation sites is 1. The Kier molecular flexibility index (Phi) is 6.97. The lowest BCUT2D eigenvalue weighted by molar-refractivity contribution is 0.102. The molecule has 174 valence electrons. The third kappa shape index (κ3) is 4.81. The minimum Gasteiger partial charge on any atom is -0.494 e. The molecule has 4 aromatic rings. The van der Waals surface area contributed by atoms with Crippen LogP contribution < -0.4 is 15.6 Å². The summed E-state index contributed by atoms with van der Waals surface area (Å²) in [6, 6.07) is 24.6. The van der Waals surface area contributed by atoms with Crippen molar-refractivity contribution in [3.63, 3.8) is 0 Å². The molecule has 0 radical (unpaired) electrons. The van der Waals surface area contributed by atoms with Crippen LogP contribution in [0, 0.1) is 6.92 Å². The third-order valence-corrected chi connectivity index (χ3v) is 5.89. The molecule has 0 aliphatic carbocycles. The van der Waals surface area contributed by atoms with Gasteiger partial charge in [-0.3, -0.25) is 14.3 Å². The van der Waals surface area contributed by atoms with Crippen molar-refractivity contribution < 1.29 is 9.53 Å². The zero-order chi connectivity index (χ0) is 24.1. The second kappa shape index (κ2) is 10.3. The minimum atomic E-state index is -0.322. The first-order chi connectivity index (χ1) is 16.5. The van der Waals surface area contributed by atoms with Crippen molar-refractivity contribution in [2.45, 2.75) is 26.7 Å². The van der Waals surface area contributed by atoms with Gasteiger partial charge >= 0.3 is 0 Å². The molecule has 0 aliphatic heterocycles. The molecule has 34 heavy (non-hydrogen) atoms. The lowest BCUT2D eigenvalue weighted by Crippen LogP contribution is -2.22. The minimum absolute atomic E-state index is 0.266. The van der Waals surface area contributed by atoms with Crippen LogP contribution in [0.4, 0.5) is 5.69 Å². The maximum atomic E-state index is 13.0. The van der Waals surface area contributed by atoms with Crippen LogP contribution in [0.1, 0.15) is 35.8 Å². The summed E-state index contributed by atoms with van der Waals surface area (Å²) in [6.45, 7) is 4.67. The number of ether oxygens (including phenoxy) is 1. The van der Waals surface area contributed by atoms with E-state index >= 15 is 0 Å². The standard InChI is InChI=1S/C28H29N3O3/c1-4-5-19-34-25-17-15-22(16-18-25)21-11-13-23(14-12-21)27(32)29-26-20(2)30(3)31(28(26)33)24-9-7-6-8-10-24/h6-18H,4-5,19H2,1-3H3,(H,29,32). The molecule has 0 bridgehead atoms. The van der Waals surface area contributed by atoms with E-state index in [-0.39, 0.29) is 17.2 Å². The molecule has 6 heteroatoms. The van der Waals surface area contributed by atoms with Crippen molar-refractivity contribution >= 4 is 11.6 Å². The van der Waals surface area contributed by atoms with Crippen molar-refractivity contribution in [3.05, 3.63) is 100 Å². The van der Waals surface area contributed by atoms with Gasteiger partial charge in [0, 0.05) is 12.6 Å². The maximum absolute atomic E-state index is 13.0. The Balaban J connectivity index is 1.49. The molecular weight excluding hydrogens is 426 g/mol. The highest BCUT2D eigenvalue weighted by atomic mass is 16.5. The zero-order valence-corrected chi connectivity index (χ0v) is 19.7. The molecule has 1 aromatic heterocycles. The van der Waals surface area contributed by atoms with Crippen molar-refractivity contribution in [2.75, 3.05) is 11.9 Å². The summed E-state index contributed by atoms with van der Waals surface area (Å²) >= 11 is 0. The highest BCUT2D eigenvalue weighted by Crippen LogP contribution is 2.23. The number of amides is 1. The van der Waals surface area contributed by atoms with Gasteiger partial charge in [-0.25, -0.2) is 4.68 Å². The lowest BCUT2D eigenvalue weighted by atomic mass is 10.0. The predicted octanol–water partition coefficient (Wildman–Crippen LogP) is 5.58. The van der Waals surface area contributed by atoms with E-state index < -0.39 is 0 Å². The molecule has 4 rings (SSSR count). The molecule has 0 spiro atoms. The smallest absolute Gasteiger partial charge is 0.295 e. The molecule has 6 nitrogen and oxygen atoms in total. The molecule has 3 aromatic carbocycles. The number of aromatic nitrogens is 2. The van der Waals surface area contributed by atoms with E-state index in [9.17, 15) is 9.59 Å². The van der Waals surface area contributed by atoms with E-state index in [4.69, 9.17) is 4.74 Å². The highest BCUT2D eigenvalue weighted by molar-refractivity contribution is 6.04. The number of rotatable bonds is 8. The van der Waals surface area contributed by atoms with Gasteiger partial charge in [-0.05, 0) is 60.9 Å². The van der Waals surface area contributed by atoms with E-state index in [1.54, 1.807) is 28.5 Å². The van der Waals surface area contributed by atoms with Crippen molar-refractivity contribution in [2.24, 2.45) is 7.05 Å². The second-order valence-electron chi connectivity index (χ2n) is 8.19. The predicted molar refractivity (Wildman–Crippen MR) is 136 cm³/mol. The van der Waals surface area contributed by atoms with E-state index in [1.165, 1.54) is 0 Å². The Bertz CT molecular complexity index is 1320. The number of hydrogen-bond donors (Lipinski definition) is 1. The Morgan fingerprint density at radius 1 is 0.912 bits per heavy atom. The molecule has 0 aliphatic rings. The van der Waals surface area contributed by atoms with Crippen molar-refractivity contribution in [1.29, 1.82) is 0 Å². The molecule has 1 heterocycles. The van der Waals surface area contributed by atoms with Crippen LogP contribution in [0.25, 0.3) is 16.8 Å². The van der Waals surface area contributed by atoms with Gasteiger partial charge in [-0.2, -0.15) is 0 Å². The van der Waals surface area contributed by atoms with Crippen LogP contribution in [0.2, 0.25) is 0 Å².